The first-order valence-corrected chi connectivity index (χ1v) is 11.3. The third kappa shape index (κ3) is 5.06. The van der Waals surface area contributed by atoms with E-state index in [4.69, 9.17) is 4.74 Å². The van der Waals surface area contributed by atoms with E-state index < -0.39 is 0 Å². The average Bonchev–Trinajstić information content (AvgIpc) is 3.20. The van der Waals surface area contributed by atoms with Crippen molar-refractivity contribution < 1.29 is 9.53 Å². The van der Waals surface area contributed by atoms with Gasteiger partial charge in [0.1, 0.15) is 11.6 Å². The molecule has 2 aromatic heterocycles. The summed E-state index contributed by atoms with van der Waals surface area (Å²) in [5, 5.41) is 3.06. The Bertz CT molecular complexity index is 1040. The second-order valence-corrected chi connectivity index (χ2v) is 9.06. The molecule has 3 heterocycles. The normalized spacial score (nSPS) is 14.5. The molecule has 0 spiro atoms. The Labute approximate surface area is 187 Å². The molecule has 4 rings (SSSR count). The van der Waals surface area contributed by atoms with Crippen LogP contribution in [0, 0.1) is 6.92 Å². The van der Waals surface area contributed by atoms with Crippen LogP contribution in [0.5, 0.6) is 5.75 Å². The summed E-state index contributed by atoms with van der Waals surface area (Å²) in [6.45, 7) is 6.56. The van der Waals surface area contributed by atoms with E-state index in [1.54, 1.807) is 7.11 Å². The number of carbonyl (C=O) groups excluding carboxylic acids is 1. The molecule has 162 valence electrons. The van der Waals surface area contributed by atoms with Crippen LogP contribution in [0.15, 0.2) is 48.7 Å². The molecule has 0 bridgehead atoms. The van der Waals surface area contributed by atoms with Gasteiger partial charge in [-0.25, -0.2) is 4.98 Å². The summed E-state index contributed by atoms with van der Waals surface area (Å²) in [7, 11) is 3.80. The maximum atomic E-state index is 12.8. The highest BCUT2D eigenvalue weighted by Gasteiger charge is 2.16. The second kappa shape index (κ2) is 9.49. The molecule has 6 nitrogen and oxygen atoms in total. The van der Waals surface area contributed by atoms with Gasteiger partial charge >= 0.3 is 0 Å². The van der Waals surface area contributed by atoms with Crippen molar-refractivity contribution in [3.8, 4) is 16.9 Å². The van der Waals surface area contributed by atoms with E-state index >= 15 is 0 Å². The minimum absolute atomic E-state index is 0.0502. The molecule has 7 heteroatoms. The van der Waals surface area contributed by atoms with Gasteiger partial charge in [-0.15, -0.1) is 11.3 Å². The summed E-state index contributed by atoms with van der Waals surface area (Å²) < 4.78 is 5.23. The number of nitrogens with zero attached hydrogens (tertiary/aromatic N) is 3. The van der Waals surface area contributed by atoms with Gasteiger partial charge in [0.15, 0.2) is 0 Å². The first-order valence-electron chi connectivity index (χ1n) is 10.4. The molecule has 1 aromatic carbocycles. The van der Waals surface area contributed by atoms with Crippen LogP contribution in [0.25, 0.3) is 11.1 Å². The number of carbonyl (C=O) groups is 1. The number of rotatable bonds is 6. The molecule has 3 aromatic rings. The summed E-state index contributed by atoms with van der Waals surface area (Å²) in [5.41, 5.74) is 3.22. The Morgan fingerprint density at radius 1 is 1.13 bits per heavy atom. The molecule has 1 N–H and O–H groups in total. The summed E-state index contributed by atoms with van der Waals surface area (Å²) in [4.78, 5) is 23.8. The van der Waals surface area contributed by atoms with E-state index in [9.17, 15) is 4.79 Å². The molecular formula is C24H28N4O2S. The molecule has 0 aliphatic carbocycles. The van der Waals surface area contributed by atoms with Crippen LogP contribution >= 0.6 is 11.3 Å². The summed E-state index contributed by atoms with van der Waals surface area (Å²) >= 11 is 1.52. The molecule has 0 saturated carbocycles. The van der Waals surface area contributed by atoms with Crippen LogP contribution in [-0.4, -0.2) is 56.1 Å². The third-order valence-corrected chi connectivity index (χ3v) is 6.68. The van der Waals surface area contributed by atoms with E-state index in [0.717, 1.165) is 64.2 Å². The minimum atomic E-state index is -0.0502. The van der Waals surface area contributed by atoms with E-state index in [1.165, 1.54) is 11.3 Å². The molecule has 1 saturated heterocycles. The Balaban J connectivity index is 1.40. The molecule has 0 radical (unpaired) electrons. The van der Waals surface area contributed by atoms with Crippen LogP contribution < -0.4 is 15.0 Å². The number of methoxy groups -OCH3 is 1. The smallest absolute Gasteiger partial charge is 0.261 e. The summed E-state index contributed by atoms with van der Waals surface area (Å²) in [6.07, 6.45) is 1.83. The van der Waals surface area contributed by atoms with Crippen molar-refractivity contribution in [1.82, 2.24) is 15.2 Å². The number of aromatic nitrogens is 1. The zero-order valence-corrected chi connectivity index (χ0v) is 19.0. The zero-order valence-electron chi connectivity index (χ0n) is 18.2. The SMILES string of the molecule is COc1ccc(-c2cc(C(=O)NCc3ccnc(N4CCN(C)CC4)c3)sc2C)cc1. The Hall–Kier alpha value is -2.90. The first kappa shape index (κ1) is 21.3. The Kier molecular flexibility index (Phi) is 6.53. The number of piperazine rings is 1. The van der Waals surface area contributed by atoms with Gasteiger partial charge in [-0.1, -0.05) is 12.1 Å². The monoisotopic (exact) mass is 436 g/mol. The highest BCUT2D eigenvalue weighted by atomic mass is 32.1. The Morgan fingerprint density at radius 3 is 2.58 bits per heavy atom. The predicted octanol–water partition coefficient (Wildman–Crippen LogP) is 3.81. The van der Waals surface area contributed by atoms with E-state index in [1.807, 2.05) is 49.5 Å². The van der Waals surface area contributed by atoms with Gasteiger partial charge in [0, 0.05) is 43.8 Å². The number of pyridine rings is 1. The zero-order chi connectivity index (χ0) is 21.8. The molecule has 31 heavy (non-hydrogen) atoms. The van der Waals surface area contributed by atoms with Crippen molar-refractivity contribution in [2.75, 3.05) is 45.2 Å². The number of benzene rings is 1. The Morgan fingerprint density at radius 2 is 1.87 bits per heavy atom. The van der Waals surface area contributed by atoms with Crippen molar-refractivity contribution in [2.45, 2.75) is 13.5 Å². The largest absolute Gasteiger partial charge is 0.497 e. The number of thiophene rings is 1. The van der Waals surface area contributed by atoms with Crippen molar-refractivity contribution in [2.24, 2.45) is 0 Å². The quantitative estimate of drug-likeness (QED) is 0.637. The van der Waals surface area contributed by atoms with Crippen molar-refractivity contribution >= 4 is 23.1 Å². The van der Waals surface area contributed by atoms with E-state index in [0.29, 0.717) is 6.54 Å². The number of ether oxygens (including phenoxy) is 1. The number of amides is 1. The molecule has 1 aliphatic rings. The van der Waals surface area contributed by atoms with Crippen molar-refractivity contribution in [3.63, 3.8) is 0 Å². The molecule has 0 atom stereocenters. The molecule has 1 aliphatic heterocycles. The second-order valence-electron chi connectivity index (χ2n) is 7.80. The van der Waals surface area contributed by atoms with Crippen molar-refractivity contribution in [1.29, 1.82) is 0 Å². The van der Waals surface area contributed by atoms with Gasteiger partial charge in [-0.05, 0) is 61.0 Å². The highest BCUT2D eigenvalue weighted by molar-refractivity contribution is 7.14. The summed E-state index contributed by atoms with van der Waals surface area (Å²) in [6, 6.07) is 13.9. The number of hydrogen-bond donors (Lipinski definition) is 1. The van der Waals surface area contributed by atoms with Gasteiger partial charge in [0.05, 0.1) is 12.0 Å². The maximum absolute atomic E-state index is 12.8. The van der Waals surface area contributed by atoms with Crippen LogP contribution in [0.1, 0.15) is 20.1 Å². The van der Waals surface area contributed by atoms with Gasteiger partial charge in [-0.3, -0.25) is 4.79 Å². The molecular weight excluding hydrogens is 408 g/mol. The molecule has 1 amide bonds. The third-order valence-electron chi connectivity index (χ3n) is 5.63. The standard InChI is InChI=1S/C24H28N4O2S/c1-17-21(19-4-6-20(30-3)7-5-19)15-22(31-17)24(29)26-16-18-8-9-25-23(14-18)28-12-10-27(2)11-13-28/h4-9,14-15H,10-13,16H2,1-3H3,(H,26,29). The van der Waals surface area contributed by atoms with E-state index in [2.05, 4.69) is 33.2 Å². The number of aryl methyl sites for hydroxylation is 1. The fourth-order valence-electron chi connectivity index (χ4n) is 3.70. The van der Waals surface area contributed by atoms with Gasteiger partial charge in [0.2, 0.25) is 0 Å². The number of anilines is 1. The number of hydrogen-bond acceptors (Lipinski definition) is 6. The number of nitrogens with one attached hydrogen (secondary N) is 1. The van der Waals surface area contributed by atoms with Crippen LogP contribution in [0.3, 0.4) is 0 Å². The van der Waals surface area contributed by atoms with Crippen molar-refractivity contribution in [3.05, 3.63) is 64.0 Å². The lowest BCUT2D eigenvalue weighted by Gasteiger charge is -2.33. The predicted molar refractivity (Wildman–Crippen MR) is 126 cm³/mol. The van der Waals surface area contributed by atoms with Crippen LogP contribution in [-0.2, 0) is 6.54 Å². The fourth-order valence-corrected chi connectivity index (χ4v) is 4.66. The van der Waals surface area contributed by atoms with Gasteiger partial charge < -0.3 is 19.9 Å². The average molecular weight is 437 g/mol. The first-order chi connectivity index (χ1) is 15.0. The lowest BCUT2D eigenvalue weighted by molar-refractivity contribution is 0.0955. The topological polar surface area (TPSA) is 57.7 Å². The summed E-state index contributed by atoms with van der Waals surface area (Å²) in [5.74, 6) is 1.75. The lowest BCUT2D eigenvalue weighted by atomic mass is 10.1. The highest BCUT2D eigenvalue weighted by Crippen LogP contribution is 2.32. The fraction of sp³-hybridized carbons (Fsp3) is 0.333. The van der Waals surface area contributed by atoms with Crippen LogP contribution in [0.4, 0.5) is 5.82 Å². The molecule has 1 fully saturated rings. The van der Waals surface area contributed by atoms with Gasteiger partial charge in [0.25, 0.3) is 5.91 Å². The minimum Gasteiger partial charge on any atom is -0.497 e. The van der Waals surface area contributed by atoms with Gasteiger partial charge in [-0.2, -0.15) is 0 Å². The number of likely N-dealkylation sites (N-methyl/N-ethyl adjacent to an activating group) is 1. The van der Waals surface area contributed by atoms with E-state index in [-0.39, 0.29) is 5.91 Å². The maximum Gasteiger partial charge on any atom is 0.261 e. The lowest BCUT2D eigenvalue weighted by Crippen LogP contribution is -2.44. The molecule has 0 unspecified atom stereocenters. The van der Waals surface area contributed by atoms with Crippen LogP contribution in [0.2, 0.25) is 0 Å².